The van der Waals surface area contributed by atoms with Gasteiger partial charge in [-0.15, -0.1) is 0 Å². The van der Waals surface area contributed by atoms with Crippen molar-refractivity contribution >= 4 is 20.1 Å². The van der Waals surface area contributed by atoms with E-state index in [1.165, 1.54) is 14.1 Å². The van der Waals surface area contributed by atoms with E-state index in [9.17, 15) is 65.1 Å². The first-order valence-corrected chi connectivity index (χ1v) is 11.6. The molecule has 0 aliphatic rings. The first-order chi connectivity index (χ1) is 14.2. The predicted molar refractivity (Wildman–Crippen MR) is 90.3 cm³/mol. The number of hydrogen-bond donors (Lipinski definition) is 2. The van der Waals surface area contributed by atoms with Crippen molar-refractivity contribution in [2.24, 2.45) is 0 Å². The molecule has 0 aliphatic carbocycles. The lowest BCUT2D eigenvalue weighted by atomic mass is 10.0. The summed E-state index contributed by atoms with van der Waals surface area (Å²) < 4.78 is 196. The molecular formula is C13H20F11N2O5S2+. The Morgan fingerprint density at radius 2 is 1.15 bits per heavy atom. The summed E-state index contributed by atoms with van der Waals surface area (Å²) in [6.45, 7) is -1.27. The minimum absolute atomic E-state index is 0.0273. The van der Waals surface area contributed by atoms with E-state index in [1.54, 1.807) is 0 Å². The van der Waals surface area contributed by atoms with Crippen LogP contribution in [0.1, 0.15) is 12.8 Å². The second-order valence-electron chi connectivity index (χ2n) is 7.51. The third kappa shape index (κ3) is 7.01. The van der Waals surface area contributed by atoms with E-state index in [2.05, 4.69) is 0 Å². The molecule has 2 N–H and O–H groups in total. The Balaban J connectivity index is 5.38. The predicted octanol–water partition coefficient (Wildman–Crippen LogP) is 2.71. The number of nitrogens with one attached hydrogen (secondary N) is 1. The van der Waals surface area contributed by atoms with Gasteiger partial charge < -0.3 is 4.48 Å². The molecule has 0 saturated carbocycles. The smallest absolute Gasteiger partial charge is 0.328 e. The van der Waals surface area contributed by atoms with E-state index in [0.29, 0.717) is 0 Å². The quantitative estimate of drug-likeness (QED) is 0.157. The summed E-state index contributed by atoms with van der Waals surface area (Å²) in [7, 11) is -8.35. The van der Waals surface area contributed by atoms with Crippen molar-refractivity contribution in [3.8, 4) is 0 Å². The number of nitrogens with zero attached hydrogens (tertiary/aromatic N) is 1. The Kier molecular flexibility index (Phi) is 9.29. The van der Waals surface area contributed by atoms with Crippen molar-refractivity contribution in [2.75, 3.05) is 39.5 Å². The molecule has 0 unspecified atom stereocenters. The number of rotatable bonds is 13. The molecule has 0 saturated heterocycles. The van der Waals surface area contributed by atoms with Crippen LogP contribution >= 0.6 is 0 Å². The molecule has 0 radical (unpaired) electrons. The molecule has 0 rings (SSSR count). The first kappa shape index (κ1) is 32.0. The minimum atomic E-state index is -7.84. The van der Waals surface area contributed by atoms with Gasteiger partial charge in [0.25, 0.3) is 20.1 Å². The van der Waals surface area contributed by atoms with Gasteiger partial charge in [-0.05, 0) is 0 Å². The van der Waals surface area contributed by atoms with Gasteiger partial charge in [-0.3, -0.25) is 4.55 Å². The number of hydrogen-bond acceptors (Lipinski definition) is 4. The van der Waals surface area contributed by atoms with Crippen molar-refractivity contribution in [1.82, 2.24) is 4.72 Å². The summed E-state index contributed by atoms with van der Waals surface area (Å²) in [6, 6.07) is 0. The largest absolute Gasteiger partial charge is 0.460 e. The second kappa shape index (κ2) is 9.57. The molecule has 200 valence electrons. The summed E-state index contributed by atoms with van der Waals surface area (Å²) in [5.41, 5.74) is 0. The lowest BCUT2D eigenvalue weighted by Gasteiger charge is -2.36. The van der Waals surface area contributed by atoms with Gasteiger partial charge >= 0.3 is 29.2 Å². The minimum Gasteiger partial charge on any atom is -0.328 e. The standard InChI is InChI=1S/C13H19F11N2O5S2/c1-26(2,7-4-8-32(27,28)29)6-3-5-25-33(30,31)13(23,24)11(18,19)9(14,15)10(16,17)12(20,21)22/h25H,3-8H2,1-2H3/p+1. The van der Waals surface area contributed by atoms with E-state index in [4.69, 9.17) is 4.55 Å². The van der Waals surface area contributed by atoms with Crippen molar-refractivity contribution in [3.05, 3.63) is 0 Å². The summed E-state index contributed by atoms with van der Waals surface area (Å²) in [6.07, 6.45) is -7.98. The van der Waals surface area contributed by atoms with Gasteiger partial charge in [-0.25, -0.2) is 13.1 Å². The van der Waals surface area contributed by atoms with Crippen LogP contribution in [0.25, 0.3) is 0 Å². The summed E-state index contributed by atoms with van der Waals surface area (Å²) >= 11 is 0. The summed E-state index contributed by atoms with van der Waals surface area (Å²) in [5, 5.41) is -7.09. The van der Waals surface area contributed by atoms with Crippen LogP contribution in [0.2, 0.25) is 0 Å². The molecule has 0 bridgehead atoms. The van der Waals surface area contributed by atoms with Crippen LogP contribution in [-0.4, -0.2) is 94.6 Å². The topological polar surface area (TPSA) is 101 Å². The lowest BCUT2D eigenvalue weighted by Crippen LogP contribution is -2.69. The number of sulfonamides is 1. The lowest BCUT2D eigenvalue weighted by molar-refractivity contribution is -0.890. The molecule has 33 heavy (non-hydrogen) atoms. The summed E-state index contributed by atoms with van der Waals surface area (Å²) in [4.78, 5) is 0. The highest BCUT2D eigenvalue weighted by Gasteiger charge is 2.89. The molecule has 0 aliphatic heterocycles. The maximum Gasteiger partial charge on any atom is 0.460 e. The molecule has 0 aromatic carbocycles. The molecule has 7 nitrogen and oxygen atoms in total. The molecular weight excluding hydrogens is 537 g/mol. The van der Waals surface area contributed by atoms with E-state index < -0.39 is 68.1 Å². The van der Waals surface area contributed by atoms with E-state index >= 15 is 0 Å². The monoisotopic (exact) mass is 557 g/mol. The Bertz CT molecular complexity index is 887. The van der Waals surface area contributed by atoms with Gasteiger partial charge in [-0.2, -0.15) is 56.7 Å². The number of halogens is 11. The average molecular weight is 557 g/mol. The molecule has 0 amide bonds. The van der Waals surface area contributed by atoms with Crippen LogP contribution in [-0.2, 0) is 20.1 Å². The van der Waals surface area contributed by atoms with E-state index in [0.717, 1.165) is 4.72 Å². The highest BCUT2D eigenvalue weighted by Crippen LogP contribution is 2.58. The Hall–Kier alpha value is -0.990. The SMILES string of the molecule is C[N+](C)(CCCNS(=O)(=O)C(F)(F)C(F)(F)C(F)(F)C(F)(F)C(F)(F)F)CCCS(=O)(=O)O. The average Bonchev–Trinajstić information content (AvgIpc) is 2.55. The zero-order chi connectivity index (χ0) is 26.9. The molecule has 20 heteroatoms. The molecule has 0 atom stereocenters. The molecule has 0 spiro atoms. The zero-order valence-electron chi connectivity index (χ0n) is 16.7. The van der Waals surface area contributed by atoms with Gasteiger partial charge in [0.05, 0.1) is 32.9 Å². The van der Waals surface area contributed by atoms with Crippen molar-refractivity contribution in [1.29, 1.82) is 0 Å². The van der Waals surface area contributed by atoms with Gasteiger partial charge in [0, 0.05) is 19.4 Å². The fourth-order valence-corrected chi connectivity index (χ4v) is 3.87. The first-order valence-electron chi connectivity index (χ1n) is 8.51. The molecule has 0 fully saturated rings. The van der Waals surface area contributed by atoms with Crippen molar-refractivity contribution < 1.29 is 74.2 Å². The van der Waals surface area contributed by atoms with Crippen molar-refractivity contribution in [3.63, 3.8) is 0 Å². The zero-order valence-corrected chi connectivity index (χ0v) is 18.4. The maximum absolute atomic E-state index is 13.7. The third-order valence-electron chi connectivity index (χ3n) is 4.25. The molecule has 0 heterocycles. The number of alkyl halides is 11. The van der Waals surface area contributed by atoms with Gasteiger partial charge in [-0.1, -0.05) is 0 Å². The summed E-state index contributed by atoms with van der Waals surface area (Å²) in [5.74, 6) is -23.9. The van der Waals surface area contributed by atoms with E-state index in [1.807, 2.05) is 0 Å². The fourth-order valence-electron chi connectivity index (χ4n) is 2.32. The van der Waals surface area contributed by atoms with Crippen LogP contribution in [0.5, 0.6) is 0 Å². The van der Waals surface area contributed by atoms with Gasteiger partial charge in [0.15, 0.2) is 0 Å². The third-order valence-corrected chi connectivity index (χ3v) is 6.57. The van der Waals surface area contributed by atoms with Crippen LogP contribution < -0.4 is 4.72 Å². The Morgan fingerprint density at radius 3 is 1.55 bits per heavy atom. The Morgan fingerprint density at radius 1 is 0.727 bits per heavy atom. The fraction of sp³-hybridized carbons (Fsp3) is 1.00. The van der Waals surface area contributed by atoms with Gasteiger partial charge in [0.1, 0.15) is 0 Å². The normalized spacial score (nSPS) is 15.7. The van der Waals surface area contributed by atoms with Crippen LogP contribution in [0.15, 0.2) is 0 Å². The molecule has 0 aromatic rings. The maximum atomic E-state index is 13.7. The van der Waals surface area contributed by atoms with Crippen molar-refractivity contribution in [2.45, 2.75) is 42.0 Å². The van der Waals surface area contributed by atoms with Crippen LogP contribution in [0.3, 0.4) is 0 Å². The molecule has 0 aromatic heterocycles. The highest BCUT2D eigenvalue weighted by atomic mass is 32.2. The second-order valence-corrected chi connectivity index (χ2v) is 10.9. The van der Waals surface area contributed by atoms with Crippen LogP contribution in [0.4, 0.5) is 48.3 Å². The Labute approximate surface area is 181 Å². The van der Waals surface area contributed by atoms with Gasteiger partial charge in [0.2, 0.25) is 0 Å². The number of quaternary nitrogens is 1. The van der Waals surface area contributed by atoms with Crippen LogP contribution in [0, 0.1) is 0 Å². The highest BCUT2D eigenvalue weighted by molar-refractivity contribution is 7.90. The van der Waals surface area contributed by atoms with E-state index in [-0.39, 0.29) is 24.0 Å².